The fraction of sp³-hybridized carbons (Fsp3) is 0.135. The molecule has 0 radical (unpaired) electrons. The number of ketones is 1. The maximum absolute atomic E-state index is 13.8. The summed E-state index contributed by atoms with van der Waals surface area (Å²) in [6, 6.07) is 33.4. The minimum Gasteiger partial charge on any atom is -0.503 e. The number of carbonyl (C=O) groups excluding carboxylic acids is 2. The number of thioether (sulfide) groups is 1. The van der Waals surface area contributed by atoms with Crippen molar-refractivity contribution in [1.29, 1.82) is 0 Å². The molecule has 1 atom stereocenters. The lowest BCUT2D eigenvalue weighted by molar-refractivity contribution is -0.117. The third-order valence-electron chi connectivity index (χ3n) is 7.33. The summed E-state index contributed by atoms with van der Waals surface area (Å²) in [5, 5.41) is 20.1. The number of anilines is 1. The van der Waals surface area contributed by atoms with Crippen molar-refractivity contribution in [1.82, 2.24) is 10.2 Å². The smallest absolute Gasteiger partial charge is 0.296 e. The molecule has 0 saturated heterocycles. The van der Waals surface area contributed by atoms with E-state index in [1.165, 1.54) is 34.1 Å². The van der Waals surface area contributed by atoms with Gasteiger partial charge in [-0.2, -0.15) is 0 Å². The Morgan fingerprint density at radius 2 is 1.57 bits per heavy atom. The topological polar surface area (TPSA) is 102 Å². The second-order valence-electron chi connectivity index (χ2n) is 10.5. The zero-order chi connectivity index (χ0) is 32.6. The second kappa shape index (κ2) is 14.9. The van der Waals surface area contributed by atoms with Crippen molar-refractivity contribution >= 4 is 46.0 Å². The summed E-state index contributed by atoms with van der Waals surface area (Å²) in [5.41, 5.74) is 3.41. The molecule has 0 bridgehead atoms. The lowest BCUT2D eigenvalue weighted by Crippen LogP contribution is -2.31. The van der Waals surface area contributed by atoms with Crippen molar-refractivity contribution < 1.29 is 24.2 Å². The highest BCUT2D eigenvalue weighted by atomic mass is 32.2. The van der Waals surface area contributed by atoms with Crippen molar-refractivity contribution in [3.05, 3.63) is 149 Å². The lowest BCUT2D eigenvalue weighted by Gasteiger charge is -2.24. The first-order chi connectivity index (χ1) is 23.0. The molecule has 236 valence electrons. The Hall–Kier alpha value is -5.19. The molecule has 1 aliphatic heterocycles. The molecule has 1 N–H and O–H groups in total. The summed E-state index contributed by atoms with van der Waals surface area (Å²) >= 11 is 2.72. The van der Waals surface area contributed by atoms with E-state index in [-0.39, 0.29) is 10.7 Å². The van der Waals surface area contributed by atoms with Gasteiger partial charge >= 0.3 is 0 Å². The maximum atomic E-state index is 13.8. The van der Waals surface area contributed by atoms with Crippen molar-refractivity contribution in [2.75, 3.05) is 11.5 Å². The van der Waals surface area contributed by atoms with E-state index < -0.39 is 23.5 Å². The van der Waals surface area contributed by atoms with E-state index in [9.17, 15) is 14.7 Å². The van der Waals surface area contributed by atoms with Gasteiger partial charge in [-0.15, -0.1) is 10.2 Å². The van der Waals surface area contributed by atoms with Crippen LogP contribution in [0.1, 0.15) is 35.2 Å². The number of hydrogen-bond donors (Lipinski definition) is 1. The van der Waals surface area contributed by atoms with Crippen molar-refractivity contribution in [2.45, 2.75) is 29.7 Å². The standard InChI is InChI=1S/C37H31N3O5S2/c1-2-44-31-22-28(19-21-30(31)45-23-26-14-8-4-9-15-26)33-32(29(41)20-18-25-12-6-3-7-13-25)34(42)35(43)40(33)36-38-39-37(47-36)46-24-27-16-10-5-11-17-27/h3-22,33,42H,2,23-24H2,1H3/b20-18+. The summed E-state index contributed by atoms with van der Waals surface area (Å²) in [6.07, 6.45) is 3.02. The predicted molar refractivity (Wildman–Crippen MR) is 185 cm³/mol. The van der Waals surface area contributed by atoms with Crippen molar-refractivity contribution in [2.24, 2.45) is 0 Å². The Bertz CT molecular complexity index is 1910. The molecule has 1 unspecified atom stereocenters. The van der Waals surface area contributed by atoms with Crippen LogP contribution in [-0.2, 0) is 21.9 Å². The maximum Gasteiger partial charge on any atom is 0.296 e. The number of nitrogens with zero attached hydrogens (tertiary/aromatic N) is 3. The van der Waals surface area contributed by atoms with Crippen molar-refractivity contribution in [3.63, 3.8) is 0 Å². The number of carbonyl (C=O) groups is 2. The quantitative estimate of drug-likeness (QED) is 0.0770. The van der Waals surface area contributed by atoms with Gasteiger partial charge in [-0.05, 0) is 47.4 Å². The Balaban J connectivity index is 1.35. The molecule has 0 spiro atoms. The molecule has 1 aromatic heterocycles. The van der Waals surface area contributed by atoms with Crippen LogP contribution in [0.2, 0.25) is 0 Å². The monoisotopic (exact) mass is 661 g/mol. The molecule has 2 heterocycles. The van der Waals surface area contributed by atoms with E-state index in [0.29, 0.717) is 40.4 Å². The minimum absolute atomic E-state index is 0.0590. The Kier molecular flexibility index (Phi) is 10.1. The average molecular weight is 662 g/mol. The number of allylic oxidation sites excluding steroid dienone is 1. The van der Waals surface area contributed by atoms with Crippen LogP contribution < -0.4 is 14.4 Å². The molecule has 8 nitrogen and oxygen atoms in total. The van der Waals surface area contributed by atoms with Gasteiger partial charge in [-0.1, -0.05) is 126 Å². The first-order valence-electron chi connectivity index (χ1n) is 15.0. The zero-order valence-corrected chi connectivity index (χ0v) is 27.1. The fourth-order valence-corrected chi connectivity index (χ4v) is 6.91. The van der Waals surface area contributed by atoms with E-state index in [4.69, 9.17) is 9.47 Å². The predicted octanol–water partition coefficient (Wildman–Crippen LogP) is 7.99. The van der Waals surface area contributed by atoms with Crippen LogP contribution in [-0.4, -0.2) is 33.6 Å². The summed E-state index contributed by atoms with van der Waals surface area (Å²) in [6.45, 7) is 2.56. The van der Waals surface area contributed by atoms with Crippen molar-refractivity contribution in [3.8, 4) is 11.5 Å². The van der Waals surface area contributed by atoms with E-state index in [0.717, 1.165) is 16.7 Å². The van der Waals surface area contributed by atoms with Gasteiger partial charge in [0.05, 0.1) is 18.2 Å². The molecule has 1 aliphatic rings. The highest BCUT2D eigenvalue weighted by Gasteiger charge is 2.45. The van der Waals surface area contributed by atoms with Gasteiger partial charge < -0.3 is 14.6 Å². The number of rotatable bonds is 13. The van der Waals surface area contributed by atoms with Crippen LogP contribution in [0.25, 0.3) is 6.08 Å². The Morgan fingerprint density at radius 3 is 2.28 bits per heavy atom. The molecule has 0 aliphatic carbocycles. The van der Waals surface area contributed by atoms with Gasteiger partial charge in [0.15, 0.2) is 27.4 Å². The van der Waals surface area contributed by atoms with E-state index in [2.05, 4.69) is 10.2 Å². The molecular weight excluding hydrogens is 631 g/mol. The van der Waals surface area contributed by atoms with Crippen LogP contribution >= 0.6 is 23.1 Å². The number of aromatic nitrogens is 2. The number of ether oxygens (including phenoxy) is 2. The van der Waals surface area contributed by atoms with Crippen LogP contribution in [0.4, 0.5) is 5.13 Å². The van der Waals surface area contributed by atoms with Gasteiger partial charge in [-0.25, -0.2) is 0 Å². The summed E-state index contributed by atoms with van der Waals surface area (Å²) in [4.78, 5) is 28.8. The third kappa shape index (κ3) is 7.45. The summed E-state index contributed by atoms with van der Waals surface area (Å²) < 4.78 is 12.7. The molecule has 5 aromatic rings. The minimum atomic E-state index is -0.988. The number of benzene rings is 4. The van der Waals surface area contributed by atoms with Crippen LogP contribution in [0.5, 0.6) is 11.5 Å². The summed E-state index contributed by atoms with van der Waals surface area (Å²) in [7, 11) is 0. The molecule has 1 amide bonds. The molecule has 47 heavy (non-hydrogen) atoms. The molecule has 0 fully saturated rings. The van der Waals surface area contributed by atoms with Gasteiger partial charge in [-0.3, -0.25) is 14.5 Å². The molecule has 10 heteroatoms. The third-order valence-corrected chi connectivity index (χ3v) is 9.45. The highest BCUT2D eigenvalue weighted by molar-refractivity contribution is 8.00. The van der Waals surface area contributed by atoms with Gasteiger partial charge in [0.2, 0.25) is 5.13 Å². The number of amides is 1. The highest BCUT2D eigenvalue weighted by Crippen LogP contribution is 2.45. The Morgan fingerprint density at radius 1 is 0.894 bits per heavy atom. The first kappa shape index (κ1) is 31.8. The number of aliphatic hydroxyl groups is 1. The first-order valence-corrected chi connectivity index (χ1v) is 16.8. The SMILES string of the molecule is CCOc1cc(C2C(C(=O)/C=C/c3ccccc3)=C(O)C(=O)N2c2nnc(SCc3ccccc3)s2)ccc1OCc1ccccc1. The molecule has 0 saturated carbocycles. The largest absolute Gasteiger partial charge is 0.503 e. The van der Waals surface area contributed by atoms with E-state index >= 15 is 0 Å². The van der Waals surface area contributed by atoms with E-state index in [1.807, 2.05) is 97.9 Å². The average Bonchev–Trinajstić information content (AvgIpc) is 3.68. The summed E-state index contributed by atoms with van der Waals surface area (Å²) in [5.74, 6) is -0.235. The zero-order valence-electron chi connectivity index (χ0n) is 25.5. The van der Waals surface area contributed by atoms with Crippen LogP contribution in [0.15, 0.2) is 131 Å². The molecule has 6 rings (SSSR count). The van der Waals surface area contributed by atoms with E-state index in [1.54, 1.807) is 24.3 Å². The van der Waals surface area contributed by atoms with Crippen LogP contribution in [0.3, 0.4) is 0 Å². The second-order valence-corrected chi connectivity index (χ2v) is 12.7. The van der Waals surface area contributed by atoms with Gasteiger partial charge in [0, 0.05) is 5.75 Å². The molecule has 4 aromatic carbocycles. The molecular formula is C37H31N3O5S2. The number of aliphatic hydroxyl groups excluding tert-OH is 1. The van der Waals surface area contributed by atoms with Gasteiger partial charge in [0.25, 0.3) is 5.91 Å². The Labute approximate surface area is 281 Å². The lowest BCUT2D eigenvalue weighted by atomic mass is 9.95. The fourth-order valence-electron chi connectivity index (χ4n) is 5.09. The number of hydrogen-bond acceptors (Lipinski definition) is 9. The van der Waals surface area contributed by atoms with Crippen LogP contribution in [0, 0.1) is 0 Å². The van der Waals surface area contributed by atoms with Gasteiger partial charge in [0.1, 0.15) is 6.61 Å². The normalized spacial score (nSPS) is 14.6.